The Morgan fingerprint density at radius 2 is 1.57 bits per heavy atom. The minimum Gasteiger partial charge on any atom is -0.477 e. The van der Waals surface area contributed by atoms with E-state index in [4.69, 9.17) is 4.99 Å². The maximum Gasteiger partial charge on any atom is 0.258 e. The van der Waals surface area contributed by atoms with E-state index in [1.165, 1.54) is 0 Å². The molecule has 1 heterocycles. The molecular weight excluding hydrogens is 497 g/mol. The summed E-state index contributed by atoms with van der Waals surface area (Å²) in [5, 5.41) is 9.70. The number of nitrogens with zero attached hydrogens (tertiary/aromatic N) is 2. The molecule has 1 unspecified atom stereocenters. The summed E-state index contributed by atoms with van der Waals surface area (Å²) >= 11 is 0. The molecular formula is C25H28F5N5O2. The first kappa shape index (κ1) is 26.6. The zero-order valence-electron chi connectivity index (χ0n) is 20.6. The number of ether oxygens (including phenoxy) is 1. The van der Waals surface area contributed by atoms with Crippen molar-refractivity contribution in [3.8, 4) is 5.75 Å². The quantitative estimate of drug-likeness (QED) is 0.303. The van der Waals surface area contributed by atoms with Crippen molar-refractivity contribution >= 4 is 17.4 Å². The highest BCUT2D eigenvalue weighted by Crippen LogP contribution is 2.30. The Morgan fingerprint density at radius 1 is 1.00 bits per heavy atom. The Bertz CT molecular complexity index is 1190. The zero-order chi connectivity index (χ0) is 26.9. The van der Waals surface area contributed by atoms with Gasteiger partial charge in [0.25, 0.3) is 5.91 Å². The summed E-state index contributed by atoms with van der Waals surface area (Å²) < 4.78 is 71.8. The van der Waals surface area contributed by atoms with Gasteiger partial charge in [-0.2, -0.15) is 8.78 Å². The smallest absolute Gasteiger partial charge is 0.258 e. The van der Waals surface area contributed by atoms with E-state index < -0.39 is 53.1 Å². The maximum absolute atomic E-state index is 13.7. The topological polar surface area (TPSA) is 78.0 Å². The maximum atomic E-state index is 13.7. The van der Waals surface area contributed by atoms with Gasteiger partial charge in [0.2, 0.25) is 29.1 Å². The Kier molecular flexibility index (Phi) is 7.58. The van der Waals surface area contributed by atoms with Gasteiger partial charge in [-0.1, -0.05) is 12.1 Å². The first-order valence-corrected chi connectivity index (χ1v) is 11.8. The molecule has 12 heteroatoms. The molecule has 0 bridgehead atoms. The summed E-state index contributed by atoms with van der Waals surface area (Å²) in [5.41, 5.74) is 1.97. The number of benzene rings is 2. The number of anilines is 1. The average molecular weight is 526 g/mol. The number of fused-ring (bicyclic) bond motifs is 1. The lowest BCUT2D eigenvalue weighted by atomic mass is 9.90. The van der Waals surface area contributed by atoms with Crippen LogP contribution in [0.2, 0.25) is 0 Å². The van der Waals surface area contributed by atoms with Crippen molar-refractivity contribution in [2.45, 2.75) is 50.5 Å². The third-order valence-electron chi connectivity index (χ3n) is 6.39. The van der Waals surface area contributed by atoms with Gasteiger partial charge in [-0.3, -0.25) is 10.1 Å². The Balaban J connectivity index is 1.30. The molecule has 2 aromatic rings. The molecule has 4 rings (SSSR count). The van der Waals surface area contributed by atoms with Gasteiger partial charge < -0.3 is 20.3 Å². The van der Waals surface area contributed by atoms with E-state index in [9.17, 15) is 26.7 Å². The van der Waals surface area contributed by atoms with Crippen LogP contribution in [0.5, 0.6) is 5.75 Å². The normalized spacial score (nSPS) is 23.0. The van der Waals surface area contributed by atoms with Crippen molar-refractivity contribution in [2.75, 3.05) is 26.0 Å². The fourth-order valence-corrected chi connectivity index (χ4v) is 4.66. The van der Waals surface area contributed by atoms with Gasteiger partial charge >= 0.3 is 0 Å². The first-order valence-electron chi connectivity index (χ1n) is 11.8. The molecule has 1 aliphatic carbocycles. The molecule has 2 aliphatic rings. The Morgan fingerprint density at radius 3 is 2.19 bits per heavy atom. The number of aliphatic imine (C=N–C) groups is 1. The minimum absolute atomic E-state index is 0.104. The zero-order valence-corrected chi connectivity index (χ0v) is 20.6. The first-order chi connectivity index (χ1) is 17.5. The summed E-state index contributed by atoms with van der Waals surface area (Å²) in [6.07, 6.45) is 2.66. The number of carbonyl (C=O) groups excluding carboxylic acids is 1. The molecule has 1 fully saturated rings. The van der Waals surface area contributed by atoms with Gasteiger partial charge in [0, 0.05) is 37.4 Å². The predicted octanol–water partition coefficient (Wildman–Crippen LogP) is 3.89. The number of hydrogen-bond donors (Lipinski definition) is 3. The number of carbonyl (C=O) groups is 1. The van der Waals surface area contributed by atoms with Gasteiger partial charge in [0.1, 0.15) is 5.84 Å². The minimum atomic E-state index is -2.29. The number of para-hydroxylation sites is 1. The third kappa shape index (κ3) is 5.63. The summed E-state index contributed by atoms with van der Waals surface area (Å²) in [7, 11) is 3.87. The highest BCUT2D eigenvalue weighted by Gasteiger charge is 2.34. The summed E-state index contributed by atoms with van der Waals surface area (Å²) in [6, 6.07) is 7.79. The standard InChI is InChI=1S/C25H28F5N5O2/c1-25(33-16-7-5-4-6-15(16)24(34-25)35(2)3)32-14-10-8-13(9-11-14)31-17(36)12-37-23-21(29)19(27)18(26)20(28)22(23)30/h4-7,13-14,32-33H,8-12H2,1-3H3,(H,31,36). The molecule has 0 aromatic heterocycles. The lowest BCUT2D eigenvalue weighted by Gasteiger charge is -2.40. The van der Waals surface area contributed by atoms with E-state index in [0.717, 1.165) is 29.9 Å². The van der Waals surface area contributed by atoms with Crippen LogP contribution in [0.15, 0.2) is 29.3 Å². The van der Waals surface area contributed by atoms with Crippen LogP contribution < -0.4 is 20.7 Å². The van der Waals surface area contributed by atoms with Gasteiger partial charge in [-0.05, 0) is 44.7 Å². The van der Waals surface area contributed by atoms with Crippen LogP contribution in [0.4, 0.5) is 27.6 Å². The van der Waals surface area contributed by atoms with Crippen molar-refractivity contribution in [3.05, 3.63) is 58.9 Å². The predicted molar refractivity (Wildman–Crippen MR) is 128 cm³/mol. The second-order valence-electron chi connectivity index (χ2n) is 9.52. The molecule has 200 valence electrons. The SMILES string of the molecule is CN(C)C1=NC(C)(NC2CCC(NC(=O)COc3c(F)c(F)c(F)c(F)c3F)CC2)Nc2ccccc21. The summed E-state index contributed by atoms with van der Waals surface area (Å²) in [6.45, 7) is 1.07. The van der Waals surface area contributed by atoms with Crippen LogP contribution in [-0.2, 0) is 4.79 Å². The van der Waals surface area contributed by atoms with Crippen molar-refractivity contribution in [3.63, 3.8) is 0 Å². The number of halogens is 5. The van der Waals surface area contributed by atoms with Crippen LogP contribution >= 0.6 is 0 Å². The Labute approximate surface area is 211 Å². The van der Waals surface area contributed by atoms with Crippen molar-refractivity contribution in [2.24, 2.45) is 4.99 Å². The van der Waals surface area contributed by atoms with Crippen molar-refractivity contribution in [1.82, 2.24) is 15.5 Å². The van der Waals surface area contributed by atoms with Crippen LogP contribution in [0, 0.1) is 29.1 Å². The van der Waals surface area contributed by atoms with E-state index in [-0.39, 0.29) is 12.1 Å². The second-order valence-corrected chi connectivity index (χ2v) is 9.52. The number of nitrogens with one attached hydrogen (secondary N) is 3. The fraction of sp³-hybridized carbons (Fsp3) is 0.440. The van der Waals surface area contributed by atoms with Crippen LogP contribution in [-0.4, -0.2) is 55.2 Å². The lowest BCUT2D eigenvalue weighted by molar-refractivity contribution is -0.124. The number of amidine groups is 1. The monoisotopic (exact) mass is 525 g/mol. The summed E-state index contributed by atoms with van der Waals surface area (Å²) in [5.74, 6) is -12.9. The van der Waals surface area contributed by atoms with Gasteiger partial charge in [0.15, 0.2) is 18.1 Å². The van der Waals surface area contributed by atoms with Crippen LogP contribution in [0.25, 0.3) is 0 Å². The van der Waals surface area contributed by atoms with Crippen molar-refractivity contribution < 1.29 is 31.5 Å². The number of rotatable bonds is 6. The molecule has 0 saturated heterocycles. The summed E-state index contributed by atoms with van der Waals surface area (Å²) in [4.78, 5) is 19.1. The van der Waals surface area contributed by atoms with Crippen molar-refractivity contribution in [1.29, 1.82) is 0 Å². The van der Waals surface area contributed by atoms with Gasteiger partial charge in [-0.15, -0.1) is 0 Å². The highest BCUT2D eigenvalue weighted by atomic mass is 19.2. The molecule has 7 nitrogen and oxygen atoms in total. The molecule has 1 amide bonds. The molecule has 0 spiro atoms. The molecule has 2 aromatic carbocycles. The number of amides is 1. The van der Waals surface area contributed by atoms with E-state index in [1.807, 2.05) is 50.2 Å². The number of hydrogen-bond acceptors (Lipinski definition) is 6. The Hall–Kier alpha value is -3.41. The second kappa shape index (κ2) is 10.5. The fourth-order valence-electron chi connectivity index (χ4n) is 4.66. The molecule has 1 saturated carbocycles. The molecule has 1 aliphatic heterocycles. The van der Waals surface area contributed by atoms with E-state index in [1.54, 1.807) is 0 Å². The van der Waals surface area contributed by atoms with E-state index in [2.05, 4.69) is 20.7 Å². The highest BCUT2D eigenvalue weighted by molar-refractivity contribution is 6.04. The molecule has 37 heavy (non-hydrogen) atoms. The third-order valence-corrected chi connectivity index (χ3v) is 6.39. The van der Waals surface area contributed by atoms with E-state index >= 15 is 0 Å². The average Bonchev–Trinajstić information content (AvgIpc) is 2.86. The van der Waals surface area contributed by atoms with Crippen LogP contribution in [0.1, 0.15) is 38.2 Å². The van der Waals surface area contributed by atoms with Gasteiger partial charge in [0.05, 0.1) is 0 Å². The largest absolute Gasteiger partial charge is 0.477 e. The lowest BCUT2D eigenvalue weighted by Crippen LogP contribution is -2.56. The van der Waals surface area contributed by atoms with E-state index in [0.29, 0.717) is 12.8 Å². The molecule has 1 atom stereocenters. The molecule has 0 radical (unpaired) electrons. The van der Waals surface area contributed by atoms with Gasteiger partial charge in [-0.25, -0.2) is 18.2 Å². The van der Waals surface area contributed by atoms with Crippen LogP contribution in [0.3, 0.4) is 0 Å². The molecule has 3 N–H and O–H groups in total.